The van der Waals surface area contributed by atoms with Crippen LogP contribution in [0.15, 0.2) is 35.1 Å². The van der Waals surface area contributed by atoms with E-state index in [-0.39, 0.29) is 5.69 Å². The Bertz CT molecular complexity index is 630. The number of hydrogen-bond acceptors (Lipinski definition) is 6. The maximum absolute atomic E-state index is 11.9. The number of nitrogens with zero attached hydrogens (tertiary/aromatic N) is 2. The highest BCUT2D eigenvalue weighted by Crippen LogP contribution is 2.26. The highest BCUT2D eigenvalue weighted by molar-refractivity contribution is 5.93. The maximum atomic E-state index is 11.9. The Labute approximate surface area is 129 Å². The van der Waals surface area contributed by atoms with Gasteiger partial charge in [-0.1, -0.05) is 0 Å². The Balaban J connectivity index is 1.81. The molecule has 0 unspecified atom stereocenters. The largest absolute Gasteiger partial charge is 0.461 e. The number of anilines is 1. The highest BCUT2D eigenvalue weighted by Gasteiger charge is 2.19. The molecule has 3 rings (SSSR count). The van der Waals surface area contributed by atoms with Gasteiger partial charge in [0.15, 0.2) is 17.8 Å². The molecule has 0 saturated carbocycles. The zero-order valence-corrected chi connectivity index (χ0v) is 12.5. The van der Waals surface area contributed by atoms with Crippen molar-refractivity contribution in [2.75, 3.05) is 37.7 Å². The van der Waals surface area contributed by atoms with Crippen molar-refractivity contribution in [3.8, 4) is 11.3 Å². The van der Waals surface area contributed by atoms with E-state index in [4.69, 9.17) is 9.15 Å². The molecule has 1 aromatic carbocycles. The average Bonchev–Trinajstić information content (AvgIpc) is 3.06. The number of carbonyl (C=O) groups excluding carboxylic acids is 1. The molecule has 0 amide bonds. The minimum absolute atomic E-state index is 0.219. The summed E-state index contributed by atoms with van der Waals surface area (Å²) in [6, 6.07) is 7.97. The molecule has 0 spiro atoms. The second-order valence-corrected chi connectivity index (χ2v) is 5.03. The summed E-state index contributed by atoms with van der Waals surface area (Å²) in [4.78, 5) is 18.1. The van der Waals surface area contributed by atoms with Crippen LogP contribution in [0.2, 0.25) is 0 Å². The molecule has 0 aliphatic carbocycles. The molecule has 1 saturated heterocycles. The van der Waals surface area contributed by atoms with Gasteiger partial charge in [0.05, 0.1) is 6.61 Å². The fraction of sp³-hybridized carbons (Fsp3) is 0.375. The quantitative estimate of drug-likeness (QED) is 0.870. The van der Waals surface area contributed by atoms with E-state index in [0.717, 1.165) is 31.7 Å². The molecule has 1 aliphatic heterocycles. The summed E-state index contributed by atoms with van der Waals surface area (Å²) in [6.07, 6.45) is 1.27. The third-order valence-electron chi connectivity index (χ3n) is 3.65. The van der Waals surface area contributed by atoms with E-state index in [2.05, 4.69) is 15.2 Å². The smallest absolute Gasteiger partial charge is 0.360 e. The van der Waals surface area contributed by atoms with Crippen LogP contribution in [0.4, 0.5) is 5.69 Å². The zero-order valence-electron chi connectivity index (χ0n) is 12.5. The predicted octanol–water partition coefficient (Wildman–Crippen LogP) is 1.93. The maximum Gasteiger partial charge on any atom is 0.360 e. The SMILES string of the molecule is CCOC(=O)c1ncoc1-c1ccc(N2CCNCC2)cc1. The average molecular weight is 301 g/mol. The Hall–Kier alpha value is -2.34. The summed E-state index contributed by atoms with van der Waals surface area (Å²) in [7, 11) is 0. The van der Waals surface area contributed by atoms with Gasteiger partial charge < -0.3 is 19.4 Å². The van der Waals surface area contributed by atoms with Crippen LogP contribution in [0.25, 0.3) is 11.3 Å². The normalized spacial score (nSPS) is 14.9. The van der Waals surface area contributed by atoms with Gasteiger partial charge in [0, 0.05) is 37.4 Å². The highest BCUT2D eigenvalue weighted by atomic mass is 16.5. The summed E-state index contributed by atoms with van der Waals surface area (Å²) in [5.74, 6) is -0.0113. The van der Waals surface area contributed by atoms with Gasteiger partial charge in [-0.25, -0.2) is 9.78 Å². The zero-order chi connectivity index (χ0) is 15.4. The van der Waals surface area contributed by atoms with Crippen molar-refractivity contribution in [2.24, 2.45) is 0 Å². The van der Waals surface area contributed by atoms with Gasteiger partial charge in [0.25, 0.3) is 0 Å². The molecule has 6 heteroatoms. The Morgan fingerprint density at radius 3 is 2.73 bits per heavy atom. The minimum atomic E-state index is -0.461. The number of nitrogens with one attached hydrogen (secondary N) is 1. The Morgan fingerprint density at radius 2 is 2.05 bits per heavy atom. The van der Waals surface area contributed by atoms with Crippen molar-refractivity contribution in [1.29, 1.82) is 0 Å². The van der Waals surface area contributed by atoms with E-state index in [9.17, 15) is 4.79 Å². The van der Waals surface area contributed by atoms with Crippen LogP contribution in [0.1, 0.15) is 17.4 Å². The summed E-state index contributed by atoms with van der Waals surface area (Å²) >= 11 is 0. The van der Waals surface area contributed by atoms with Gasteiger partial charge in [0.1, 0.15) is 0 Å². The fourth-order valence-electron chi connectivity index (χ4n) is 2.54. The molecule has 0 atom stereocenters. The standard InChI is InChI=1S/C16H19N3O3/c1-2-21-16(20)14-15(22-11-18-14)12-3-5-13(6-4-12)19-9-7-17-8-10-19/h3-6,11,17H,2,7-10H2,1H3. The monoisotopic (exact) mass is 301 g/mol. The van der Waals surface area contributed by atoms with Gasteiger partial charge in [-0.15, -0.1) is 0 Å². The molecule has 1 fully saturated rings. The number of esters is 1. The van der Waals surface area contributed by atoms with Gasteiger partial charge in [-0.3, -0.25) is 0 Å². The van der Waals surface area contributed by atoms with E-state index in [1.165, 1.54) is 12.1 Å². The number of ether oxygens (including phenoxy) is 1. The summed E-state index contributed by atoms with van der Waals surface area (Å²) in [6.45, 7) is 6.06. The van der Waals surface area contributed by atoms with Crippen molar-refractivity contribution >= 4 is 11.7 Å². The van der Waals surface area contributed by atoms with Gasteiger partial charge in [0.2, 0.25) is 0 Å². The fourth-order valence-corrected chi connectivity index (χ4v) is 2.54. The number of aromatic nitrogens is 1. The van der Waals surface area contributed by atoms with Crippen LogP contribution >= 0.6 is 0 Å². The molecular weight excluding hydrogens is 282 g/mol. The lowest BCUT2D eigenvalue weighted by atomic mass is 10.1. The first kappa shape index (κ1) is 14.6. The van der Waals surface area contributed by atoms with Crippen molar-refractivity contribution in [2.45, 2.75) is 6.92 Å². The predicted molar refractivity (Wildman–Crippen MR) is 83.0 cm³/mol. The van der Waals surface area contributed by atoms with E-state index < -0.39 is 5.97 Å². The lowest BCUT2D eigenvalue weighted by molar-refractivity contribution is 0.0520. The Morgan fingerprint density at radius 1 is 1.32 bits per heavy atom. The molecule has 2 heterocycles. The number of piperazine rings is 1. The molecule has 1 aromatic heterocycles. The van der Waals surface area contributed by atoms with Crippen molar-refractivity contribution in [3.05, 3.63) is 36.4 Å². The van der Waals surface area contributed by atoms with Gasteiger partial charge in [-0.2, -0.15) is 0 Å². The molecule has 2 aromatic rings. The van der Waals surface area contributed by atoms with E-state index in [1.54, 1.807) is 6.92 Å². The summed E-state index contributed by atoms with van der Waals surface area (Å²) in [5.41, 5.74) is 2.21. The third kappa shape index (κ3) is 2.96. The number of carbonyl (C=O) groups is 1. The lowest BCUT2D eigenvalue weighted by Gasteiger charge is -2.29. The second kappa shape index (κ2) is 6.62. The number of oxazole rings is 1. The molecule has 22 heavy (non-hydrogen) atoms. The first-order valence-corrected chi connectivity index (χ1v) is 7.46. The van der Waals surface area contributed by atoms with E-state index >= 15 is 0 Å². The first-order valence-electron chi connectivity index (χ1n) is 7.46. The first-order chi connectivity index (χ1) is 10.8. The van der Waals surface area contributed by atoms with Crippen LogP contribution < -0.4 is 10.2 Å². The molecule has 116 valence electrons. The number of benzene rings is 1. The van der Waals surface area contributed by atoms with Crippen LogP contribution in [-0.4, -0.2) is 43.7 Å². The van der Waals surface area contributed by atoms with Crippen LogP contribution in [0.3, 0.4) is 0 Å². The third-order valence-corrected chi connectivity index (χ3v) is 3.65. The molecule has 0 radical (unpaired) electrons. The second-order valence-electron chi connectivity index (χ2n) is 5.03. The van der Waals surface area contributed by atoms with Crippen molar-refractivity contribution in [1.82, 2.24) is 10.3 Å². The summed E-state index contributed by atoms with van der Waals surface area (Å²) in [5, 5.41) is 3.33. The molecule has 1 N–H and O–H groups in total. The van der Waals surface area contributed by atoms with Crippen molar-refractivity contribution < 1.29 is 13.9 Å². The topological polar surface area (TPSA) is 67.6 Å². The van der Waals surface area contributed by atoms with E-state index in [1.807, 2.05) is 24.3 Å². The minimum Gasteiger partial charge on any atom is -0.461 e. The van der Waals surface area contributed by atoms with Gasteiger partial charge >= 0.3 is 5.97 Å². The van der Waals surface area contributed by atoms with Gasteiger partial charge in [-0.05, 0) is 31.2 Å². The van der Waals surface area contributed by atoms with Crippen LogP contribution in [-0.2, 0) is 4.74 Å². The number of rotatable bonds is 4. The molecule has 6 nitrogen and oxygen atoms in total. The Kier molecular flexibility index (Phi) is 4.39. The molecule has 1 aliphatic rings. The van der Waals surface area contributed by atoms with Crippen LogP contribution in [0.5, 0.6) is 0 Å². The van der Waals surface area contributed by atoms with E-state index in [0.29, 0.717) is 12.4 Å². The molecular formula is C16H19N3O3. The number of hydrogen-bond donors (Lipinski definition) is 1. The van der Waals surface area contributed by atoms with Crippen LogP contribution in [0, 0.1) is 0 Å². The van der Waals surface area contributed by atoms with Crippen molar-refractivity contribution in [3.63, 3.8) is 0 Å². The lowest BCUT2D eigenvalue weighted by Crippen LogP contribution is -2.43. The summed E-state index contributed by atoms with van der Waals surface area (Å²) < 4.78 is 10.4. The molecule has 0 bridgehead atoms.